The molecule has 0 bridgehead atoms. The molecule has 4 heteroatoms. The summed E-state index contributed by atoms with van der Waals surface area (Å²) in [6, 6.07) is 15.2. The summed E-state index contributed by atoms with van der Waals surface area (Å²) in [7, 11) is 1.77. The molecule has 1 atom stereocenters. The van der Waals surface area contributed by atoms with Crippen LogP contribution in [0.15, 0.2) is 42.5 Å². The average Bonchev–Trinajstić information content (AvgIpc) is 3.18. The molecule has 1 heterocycles. The van der Waals surface area contributed by atoms with Gasteiger partial charge in [-0.05, 0) is 67.9 Å². The van der Waals surface area contributed by atoms with Crippen molar-refractivity contribution in [3.8, 4) is 5.75 Å². The van der Waals surface area contributed by atoms with Gasteiger partial charge in [0, 0.05) is 23.1 Å². The van der Waals surface area contributed by atoms with Gasteiger partial charge >= 0.3 is 5.97 Å². The summed E-state index contributed by atoms with van der Waals surface area (Å²) in [6.45, 7) is 5.37. The number of rotatable bonds is 12. The summed E-state index contributed by atoms with van der Waals surface area (Å²) < 4.78 is 13.8. The first kappa shape index (κ1) is 25.3. The Morgan fingerprint density at radius 3 is 2.54 bits per heavy atom. The Morgan fingerprint density at radius 1 is 1.03 bits per heavy atom. The predicted molar refractivity (Wildman–Crippen MR) is 143 cm³/mol. The van der Waals surface area contributed by atoms with Gasteiger partial charge in [0.2, 0.25) is 0 Å². The van der Waals surface area contributed by atoms with Gasteiger partial charge in [0.1, 0.15) is 5.75 Å². The quantitative estimate of drug-likeness (QED) is 0.200. The highest BCUT2D eigenvalue weighted by atomic mass is 16.5. The van der Waals surface area contributed by atoms with E-state index >= 15 is 0 Å². The fraction of sp³-hybridized carbons (Fsp3) is 0.516. The van der Waals surface area contributed by atoms with E-state index in [0.29, 0.717) is 6.61 Å². The van der Waals surface area contributed by atoms with Gasteiger partial charge in [-0.2, -0.15) is 0 Å². The van der Waals surface area contributed by atoms with E-state index in [0.717, 1.165) is 48.9 Å². The normalized spacial score (nSPS) is 15.2. The number of hydrogen-bond acceptors (Lipinski definition) is 3. The second kappa shape index (κ2) is 12.3. The molecule has 4 rings (SSSR count). The van der Waals surface area contributed by atoms with Crippen LogP contribution >= 0.6 is 0 Å². The summed E-state index contributed by atoms with van der Waals surface area (Å²) in [4.78, 5) is 13.0. The van der Waals surface area contributed by atoms with Crippen molar-refractivity contribution in [1.29, 1.82) is 0 Å². The molecule has 35 heavy (non-hydrogen) atoms. The minimum atomic E-state index is -0.202. The average molecular weight is 476 g/mol. The number of unbranched alkanes of at least 4 members (excludes halogenated alkanes) is 5. The molecule has 0 amide bonds. The van der Waals surface area contributed by atoms with Gasteiger partial charge in [-0.1, -0.05) is 69.4 Å². The maximum Gasteiger partial charge on any atom is 0.313 e. The summed E-state index contributed by atoms with van der Waals surface area (Å²) in [6.07, 6.45) is 11.5. The number of carbonyl (C=O) groups excluding carboxylic acids is 1. The van der Waals surface area contributed by atoms with E-state index in [4.69, 9.17) is 9.47 Å². The van der Waals surface area contributed by atoms with Crippen molar-refractivity contribution in [2.45, 2.75) is 90.5 Å². The molecular formula is C31H41NO3. The lowest BCUT2D eigenvalue weighted by Crippen LogP contribution is -2.21. The lowest BCUT2D eigenvalue weighted by Gasteiger charge is -2.23. The maximum atomic E-state index is 13.0. The molecule has 1 aromatic heterocycles. The van der Waals surface area contributed by atoms with Crippen LogP contribution in [0.5, 0.6) is 5.75 Å². The van der Waals surface area contributed by atoms with Crippen molar-refractivity contribution < 1.29 is 14.3 Å². The Labute approximate surface area is 210 Å². The number of aryl methyl sites for hydroxylation is 1. The fourth-order valence-corrected chi connectivity index (χ4v) is 5.68. The smallest absolute Gasteiger partial charge is 0.313 e. The van der Waals surface area contributed by atoms with Crippen LogP contribution in [-0.4, -0.2) is 24.3 Å². The number of carbonyl (C=O) groups is 1. The lowest BCUT2D eigenvalue weighted by molar-refractivity contribution is -0.145. The molecule has 1 unspecified atom stereocenters. The molecule has 2 aromatic carbocycles. The number of esters is 1. The van der Waals surface area contributed by atoms with Gasteiger partial charge in [0.15, 0.2) is 0 Å². The third-order valence-corrected chi connectivity index (χ3v) is 7.43. The Hall–Kier alpha value is -2.75. The zero-order valence-electron chi connectivity index (χ0n) is 21.8. The second-order valence-corrected chi connectivity index (χ2v) is 9.83. The van der Waals surface area contributed by atoms with Crippen LogP contribution < -0.4 is 4.74 Å². The number of hydrogen-bond donors (Lipinski definition) is 0. The topological polar surface area (TPSA) is 40.5 Å². The molecule has 1 aliphatic carbocycles. The first-order chi connectivity index (χ1) is 17.2. The second-order valence-electron chi connectivity index (χ2n) is 9.83. The number of methoxy groups -OCH3 is 1. The lowest BCUT2D eigenvalue weighted by atomic mass is 9.85. The number of nitrogens with zero attached hydrogens (tertiary/aromatic N) is 1. The van der Waals surface area contributed by atoms with E-state index in [-0.39, 0.29) is 11.9 Å². The number of ether oxygens (including phenoxy) is 2. The van der Waals surface area contributed by atoms with Crippen LogP contribution in [-0.2, 0) is 28.9 Å². The Bertz CT molecular complexity index is 1120. The van der Waals surface area contributed by atoms with Gasteiger partial charge in [-0.25, -0.2) is 0 Å². The SMILES string of the molecule is CCCCCCCCc1cc2c(cc1OC)c1c(n2Cc2ccccc2)CCCC1C(=O)OCC. The molecule has 0 N–H and O–H groups in total. The standard InChI is InChI=1S/C31H41NO3/c1-4-6-7-8-9-13-17-24-20-28-26(21-29(24)34-3)30-25(31(33)35-5-2)18-14-19-27(30)32(28)22-23-15-11-10-12-16-23/h10-12,15-16,20-21,25H,4-9,13-14,17-19,22H2,1-3H3. The highest BCUT2D eigenvalue weighted by Gasteiger charge is 2.33. The summed E-state index contributed by atoms with van der Waals surface area (Å²) in [5.74, 6) is 0.647. The molecule has 1 aliphatic rings. The Morgan fingerprint density at radius 2 is 1.80 bits per heavy atom. The number of benzene rings is 2. The molecule has 0 radical (unpaired) electrons. The third-order valence-electron chi connectivity index (χ3n) is 7.43. The molecule has 4 nitrogen and oxygen atoms in total. The number of aromatic nitrogens is 1. The molecule has 3 aromatic rings. The maximum absolute atomic E-state index is 13.0. The van der Waals surface area contributed by atoms with Gasteiger partial charge in [0.25, 0.3) is 0 Å². The van der Waals surface area contributed by atoms with E-state index in [1.807, 2.05) is 6.92 Å². The molecule has 0 saturated carbocycles. The highest BCUT2D eigenvalue weighted by Crippen LogP contribution is 2.42. The summed E-state index contributed by atoms with van der Waals surface area (Å²) >= 11 is 0. The van der Waals surface area contributed by atoms with Crippen molar-refractivity contribution in [3.05, 3.63) is 64.8 Å². The molecule has 0 spiro atoms. The van der Waals surface area contributed by atoms with Crippen molar-refractivity contribution in [2.24, 2.45) is 0 Å². The van der Waals surface area contributed by atoms with E-state index in [1.165, 1.54) is 60.9 Å². The zero-order chi connectivity index (χ0) is 24.6. The van der Waals surface area contributed by atoms with Crippen molar-refractivity contribution in [1.82, 2.24) is 4.57 Å². The Balaban J connectivity index is 1.75. The molecule has 0 saturated heterocycles. The first-order valence-electron chi connectivity index (χ1n) is 13.6. The minimum Gasteiger partial charge on any atom is -0.496 e. The van der Waals surface area contributed by atoms with Crippen LogP contribution in [0.1, 0.15) is 93.5 Å². The van der Waals surface area contributed by atoms with Crippen LogP contribution in [0, 0.1) is 0 Å². The summed E-state index contributed by atoms with van der Waals surface area (Å²) in [5, 5.41) is 1.15. The van der Waals surface area contributed by atoms with Crippen molar-refractivity contribution in [3.63, 3.8) is 0 Å². The van der Waals surface area contributed by atoms with Crippen molar-refractivity contribution >= 4 is 16.9 Å². The first-order valence-corrected chi connectivity index (χ1v) is 13.6. The fourth-order valence-electron chi connectivity index (χ4n) is 5.68. The minimum absolute atomic E-state index is 0.0951. The van der Waals surface area contributed by atoms with Crippen LogP contribution in [0.25, 0.3) is 10.9 Å². The molecular weight excluding hydrogens is 434 g/mol. The third kappa shape index (κ3) is 5.74. The van der Waals surface area contributed by atoms with Gasteiger partial charge in [-0.3, -0.25) is 4.79 Å². The molecule has 0 fully saturated rings. The zero-order valence-corrected chi connectivity index (χ0v) is 21.8. The van der Waals surface area contributed by atoms with Crippen molar-refractivity contribution in [2.75, 3.05) is 13.7 Å². The van der Waals surface area contributed by atoms with E-state index in [9.17, 15) is 4.79 Å². The van der Waals surface area contributed by atoms with Crippen LogP contribution in [0.2, 0.25) is 0 Å². The monoisotopic (exact) mass is 475 g/mol. The van der Waals surface area contributed by atoms with E-state index in [2.05, 4.69) is 54.0 Å². The molecule has 188 valence electrons. The molecule has 0 aliphatic heterocycles. The van der Waals surface area contributed by atoms with Gasteiger partial charge < -0.3 is 14.0 Å². The highest BCUT2D eigenvalue weighted by molar-refractivity contribution is 5.93. The van der Waals surface area contributed by atoms with Crippen LogP contribution in [0.4, 0.5) is 0 Å². The van der Waals surface area contributed by atoms with Crippen LogP contribution in [0.3, 0.4) is 0 Å². The van der Waals surface area contributed by atoms with E-state index < -0.39 is 0 Å². The number of fused-ring (bicyclic) bond motifs is 3. The summed E-state index contributed by atoms with van der Waals surface area (Å²) in [5.41, 5.74) is 6.21. The largest absolute Gasteiger partial charge is 0.496 e. The Kier molecular flexibility index (Phi) is 8.90. The van der Waals surface area contributed by atoms with Gasteiger partial charge in [-0.15, -0.1) is 0 Å². The van der Waals surface area contributed by atoms with Gasteiger partial charge in [0.05, 0.1) is 19.6 Å². The predicted octanol–water partition coefficient (Wildman–Crippen LogP) is 7.58. The van der Waals surface area contributed by atoms with E-state index in [1.54, 1.807) is 7.11 Å².